The Bertz CT molecular complexity index is 1040. The van der Waals surface area contributed by atoms with Gasteiger partial charge in [-0.05, 0) is 24.1 Å². The molecule has 1 N–H and O–H groups in total. The van der Waals surface area contributed by atoms with E-state index < -0.39 is 12.4 Å². The maximum atomic E-state index is 13.8. The van der Waals surface area contributed by atoms with Gasteiger partial charge >= 0.3 is 6.61 Å². The molecule has 2 aliphatic rings. The average molecular weight is 380 g/mol. The molecule has 0 spiro atoms. The van der Waals surface area contributed by atoms with Crippen LogP contribution in [0.2, 0.25) is 5.02 Å². The third-order valence-corrected chi connectivity index (χ3v) is 5.38. The van der Waals surface area contributed by atoms with Gasteiger partial charge in [-0.2, -0.15) is 8.78 Å². The van der Waals surface area contributed by atoms with Gasteiger partial charge in [-0.3, -0.25) is 0 Å². The molecule has 1 aromatic heterocycles. The molecule has 0 saturated carbocycles. The second-order valence-corrected chi connectivity index (χ2v) is 6.89. The molecule has 0 aliphatic carbocycles. The molecule has 0 unspecified atom stereocenters. The van der Waals surface area contributed by atoms with Gasteiger partial charge in [0, 0.05) is 18.2 Å². The van der Waals surface area contributed by atoms with E-state index in [1.807, 2.05) is 10.6 Å². The summed E-state index contributed by atoms with van der Waals surface area (Å²) in [6.07, 6.45) is 0.657. The van der Waals surface area contributed by atoms with Crippen LogP contribution in [0.15, 0.2) is 30.3 Å². The normalized spacial score (nSPS) is 21.0. The molecule has 134 valence electrons. The van der Waals surface area contributed by atoms with Crippen LogP contribution >= 0.6 is 11.6 Å². The van der Waals surface area contributed by atoms with E-state index >= 15 is 0 Å². The molecule has 2 atom stereocenters. The van der Waals surface area contributed by atoms with Crippen molar-refractivity contribution in [3.8, 4) is 5.75 Å². The molecule has 0 saturated heterocycles. The topological polar surface area (TPSA) is 39.1 Å². The number of rotatable bonds is 2. The van der Waals surface area contributed by atoms with Crippen molar-refractivity contribution in [2.75, 3.05) is 0 Å². The van der Waals surface area contributed by atoms with Crippen LogP contribution < -0.4 is 10.1 Å². The summed E-state index contributed by atoms with van der Waals surface area (Å²) in [4.78, 5) is 4.56. The van der Waals surface area contributed by atoms with Crippen molar-refractivity contribution in [3.05, 3.63) is 58.1 Å². The molecule has 3 heterocycles. The first kappa shape index (κ1) is 16.0. The summed E-state index contributed by atoms with van der Waals surface area (Å²) in [7, 11) is 0. The molecule has 8 heteroatoms. The smallest absolute Gasteiger partial charge is 0.387 e. The number of nitrogens with one attached hydrogen (secondary N) is 1. The van der Waals surface area contributed by atoms with Crippen LogP contribution in [0.1, 0.15) is 35.5 Å². The Morgan fingerprint density at radius 2 is 2.15 bits per heavy atom. The highest BCUT2D eigenvalue weighted by Crippen LogP contribution is 2.47. The molecule has 2 aliphatic heterocycles. The first-order valence-electron chi connectivity index (χ1n) is 8.20. The van der Waals surface area contributed by atoms with E-state index in [0.29, 0.717) is 29.6 Å². The second-order valence-electron chi connectivity index (χ2n) is 6.49. The highest BCUT2D eigenvalue weighted by Gasteiger charge is 2.39. The number of halogens is 4. The Labute approximate surface area is 151 Å². The van der Waals surface area contributed by atoms with Gasteiger partial charge in [0.1, 0.15) is 17.4 Å². The Hall–Kier alpha value is -2.25. The minimum atomic E-state index is -2.91. The van der Waals surface area contributed by atoms with Crippen molar-refractivity contribution in [1.82, 2.24) is 14.9 Å². The lowest BCUT2D eigenvalue weighted by Crippen LogP contribution is -2.20. The molecule has 26 heavy (non-hydrogen) atoms. The molecular formula is C18H13ClF3N3O. The zero-order valence-corrected chi connectivity index (χ0v) is 14.1. The zero-order chi connectivity index (χ0) is 18.0. The van der Waals surface area contributed by atoms with Gasteiger partial charge in [0.15, 0.2) is 0 Å². The number of imidazole rings is 1. The third-order valence-electron chi connectivity index (χ3n) is 5.09. The fraction of sp³-hybridized carbons (Fsp3) is 0.278. The quantitative estimate of drug-likeness (QED) is 0.709. The van der Waals surface area contributed by atoms with Crippen LogP contribution in [0, 0.1) is 5.82 Å². The van der Waals surface area contributed by atoms with Crippen LogP contribution in [-0.4, -0.2) is 16.2 Å². The predicted octanol–water partition coefficient (Wildman–Crippen LogP) is 4.57. The van der Waals surface area contributed by atoms with Gasteiger partial charge in [0.2, 0.25) is 0 Å². The highest BCUT2D eigenvalue weighted by molar-refractivity contribution is 6.31. The van der Waals surface area contributed by atoms with Gasteiger partial charge in [0.25, 0.3) is 0 Å². The molecule has 2 aromatic carbocycles. The van der Waals surface area contributed by atoms with Gasteiger partial charge in [-0.15, -0.1) is 0 Å². The summed E-state index contributed by atoms with van der Waals surface area (Å²) in [5.41, 5.74) is 2.78. The van der Waals surface area contributed by atoms with Crippen LogP contribution in [0.4, 0.5) is 13.2 Å². The van der Waals surface area contributed by atoms with E-state index in [9.17, 15) is 13.2 Å². The van der Waals surface area contributed by atoms with E-state index in [1.165, 1.54) is 12.1 Å². The standard InChI is InChI=1S/C18H13ClF3N3O/c19-9-4-13-11(5-10(9)20)24-17-12-6-14(25(13)17)16-8(7-23-12)2-1-3-15(16)26-18(21)22/h1-5,12,14,18,23H,6-7H2/t12-,14-/m1/s1. The number of ether oxygens (including phenoxy) is 1. The average Bonchev–Trinajstić information content (AvgIpc) is 3.02. The maximum Gasteiger partial charge on any atom is 0.387 e. The van der Waals surface area contributed by atoms with Crippen LogP contribution in [0.5, 0.6) is 5.75 Å². The van der Waals surface area contributed by atoms with E-state index in [2.05, 4.69) is 10.3 Å². The summed E-state index contributed by atoms with van der Waals surface area (Å²) in [5, 5.41) is 3.41. The number of alkyl halides is 2. The Morgan fingerprint density at radius 3 is 2.96 bits per heavy atom. The lowest BCUT2D eigenvalue weighted by molar-refractivity contribution is -0.0507. The largest absolute Gasteiger partial charge is 0.434 e. The minimum Gasteiger partial charge on any atom is -0.434 e. The minimum absolute atomic E-state index is 0.00441. The summed E-state index contributed by atoms with van der Waals surface area (Å²) < 4.78 is 46.4. The van der Waals surface area contributed by atoms with E-state index in [-0.39, 0.29) is 22.9 Å². The lowest BCUT2D eigenvalue weighted by Gasteiger charge is -2.21. The SMILES string of the molecule is Fc1cc2nc3n(c2cc1Cl)[C@@H]1C[C@H]3NCc2cccc(OC(F)F)c21. The van der Waals surface area contributed by atoms with Crippen molar-refractivity contribution in [2.45, 2.75) is 31.7 Å². The second kappa shape index (κ2) is 5.62. The van der Waals surface area contributed by atoms with Gasteiger partial charge < -0.3 is 14.6 Å². The number of aromatic nitrogens is 2. The number of benzene rings is 2. The maximum absolute atomic E-state index is 13.8. The predicted molar refractivity (Wildman–Crippen MR) is 90.1 cm³/mol. The molecule has 0 amide bonds. The van der Waals surface area contributed by atoms with E-state index in [0.717, 1.165) is 11.4 Å². The zero-order valence-electron chi connectivity index (χ0n) is 13.3. The van der Waals surface area contributed by atoms with E-state index in [1.54, 1.807) is 12.1 Å². The number of nitrogens with zero attached hydrogens (tertiary/aromatic N) is 2. The molecule has 3 aromatic rings. The molecule has 0 radical (unpaired) electrons. The fourth-order valence-electron chi connectivity index (χ4n) is 4.09. The number of hydrogen-bond acceptors (Lipinski definition) is 3. The number of fused-ring (bicyclic) bond motifs is 9. The van der Waals surface area contributed by atoms with Crippen molar-refractivity contribution in [1.29, 1.82) is 0 Å². The van der Waals surface area contributed by atoms with Crippen molar-refractivity contribution in [3.63, 3.8) is 0 Å². The first-order chi connectivity index (χ1) is 12.5. The molecule has 2 bridgehead atoms. The number of hydrogen-bond donors (Lipinski definition) is 1. The third kappa shape index (κ3) is 2.23. The molecule has 0 fully saturated rings. The summed E-state index contributed by atoms with van der Waals surface area (Å²) in [5.74, 6) is 0.381. The summed E-state index contributed by atoms with van der Waals surface area (Å²) >= 11 is 5.97. The van der Waals surface area contributed by atoms with Gasteiger partial charge in [-0.25, -0.2) is 9.37 Å². The Kier molecular flexibility index (Phi) is 3.45. The first-order valence-corrected chi connectivity index (χ1v) is 8.57. The summed E-state index contributed by atoms with van der Waals surface area (Å²) in [6.45, 7) is -2.38. The van der Waals surface area contributed by atoms with Crippen LogP contribution in [-0.2, 0) is 6.54 Å². The monoisotopic (exact) mass is 379 g/mol. The van der Waals surface area contributed by atoms with Crippen molar-refractivity contribution >= 4 is 22.6 Å². The van der Waals surface area contributed by atoms with E-state index in [4.69, 9.17) is 16.3 Å². The van der Waals surface area contributed by atoms with Gasteiger partial charge in [0.05, 0.1) is 28.1 Å². The summed E-state index contributed by atoms with van der Waals surface area (Å²) in [6, 6.07) is 7.70. The van der Waals surface area contributed by atoms with Crippen LogP contribution in [0.25, 0.3) is 11.0 Å². The van der Waals surface area contributed by atoms with Gasteiger partial charge in [-0.1, -0.05) is 23.7 Å². The van der Waals surface area contributed by atoms with Crippen LogP contribution in [0.3, 0.4) is 0 Å². The van der Waals surface area contributed by atoms with Crippen molar-refractivity contribution in [2.24, 2.45) is 0 Å². The molecule has 4 nitrogen and oxygen atoms in total. The Morgan fingerprint density at radius 1 is 1.31 bits per heavy atom. The molecule has 5 rings (SSSR count). The lowest BCUT2D eigenvalue weighted by atomic mass is 9.98. The molecular weight excluding hydrogens is 367 g/mol. The Balaban J connectivity index is 1.76. The van der Waals surface area contributed by atoms with Crippen molar-refractivity contribution < 1.29 is 17.9 Å². The highest BCUT2D eigenvalue weighted by atomic mass is 35.5. The fourth-order valence-corrected chi connectivity index (χ4v) is 4.25.